The molecule has 9 heteroatoms. The van der Waals surface area contributed by atoms with Gasteiger partial charge >= 0.3 is 11.9 Å². The number of rotatable bonds is 7. The van der Waals surface area contributed by atoms with Crippen LogP contribution >= 0.6 is 0 Å². The van der Waals surface area contributed by atoms with Crippen LogP contribution in [0.5, 0.6) is 0 Å². The Kier molecular flexibility index (Phi) is 5.32. The van der Waals surface area contributed by atoms with Crippen LogP contribution in [0.4, 0.5) is 0 Å². The van der Waals surface area contributed by atoms with Gasteiger partial charge in [-0.05, 0) is 19.8 Å². The van der Waals surface area contributed by atoms with Gasteiger partial charge < -0.3 is 20.1 Å². The quantitative estimate of drug-likeness (QED) is 0.529. The largest absolute Gasteiger partial charge is 0.480 e. The van der Waals surface area contributed by atoms with Gasteiger partial charge in [0.15, 0.2) is 0 Å². The molecule has 2 rings (SSSR count). The first kappa shape index (κ1) is 16.9. The van der Waals surface area contributed by atoms with Crippen LogP contribution in [0.25, 0.3) is 0 Å². The molecular weight excluding hydrogens is 304 g/mol. The number of aromatic amines is 1. The van der Waals surface area contributed by atoms with Crippen LogP contribution in [0.2, 0.25) is 0 Å². The summed E-state index contributed by atoms with van der Waals surface area (Å²) >= 11 is 0. The zero-order valence-corrected chi connectivity index (χ0v) is 12.7. The Bertz CT molecular complexity index is 574. The van der Waals surface area contributed by atoms with E-state index in [1.54, 1.807) is 13.1 Å². The van der Waals surface area contributed by atoms with E-state index < -0.39 is 36.0 Å². The minimum Gasteiger partial charge on any atom is -0.480 e. The molecule has 1 fully saturated rings. The molecule has 0 aromatic carbocycles. The second-order valence-corrected chi connectivity index (χ2v) is 5.57. The Morgan fingerprint density at radius 1 is 1.48 bits per heavy atom. The number of hydrogen-bond donors (Lipinski definition) is 4. The van der Waals surface area contributed by atoms with Crippen LogP contribution in [-0.4, -0.2) is 67.6 Å². The van der Waals surface area contributed by atoms with Crippen LogP contribution in [-0.2, 0) is 20.8 Å². The van der Waals surface area contributed by atoms with Crippen molar-refractivity contribution in [3.05, 3.63) is 18.2 Å². The number of carbonyl (C=O) groups is 3. The summed E-state index contributed by atoms with van der Waals surface area (Å²) in [5, 5.41) is 21.2. The number of H-pyrrole nitrogens is 1. The molecule has 9 nitrogen and oxygen atoms in total. The van der Waals surface area contributed by atoms with E-state index in [-0.39, 0.29) is 6.42 Å². The third kappa shape index (κ3) is 4.07. The number of likely N-dealkylation sites (tertiary alicyclic amines) is 1. The van der Waals surface area contributed by atoms with E-state index in [9.17, 15) is 19.5 Å². The maximum absolute atomic E-state index is 12.4. The Labute approximate surface area is 132 Å². The van der Waals surface area contributed by atoms with Crippen LogP contribution in [0.1, 0.15) is 25.5 Å². The van der Waals surface area contributed by atoms with Crippen LogP contribution in [0.15, 0.2) is 12.5 Å². The molecule has 1 saturated heterocycles. The van der Waals surface area contributed by atoms with Gasteiger partial charge in [-0.1, -0.05) is 0 Å². The molecule has 1 aliphatic heterocycles. The predicted molar refractivity (Wildman–Crippen MR) is 78.7 cm³/mol. The summed E-state index contributed by atoms with van der Waals surface area (Å²) in [6.45, 7) is 1.92. The summed E-state index contributed by atoms with van der Waals surface area (Å²) in [5.41, 5.74) is 0.564. The van der Waals surface area contributed by atoms with Crippen LogP contribution < -0.4 is 5.32 Å². The molecule has 1 aromatic rings. The number of imidazole rings is 1. The van der Waals surface area contributed by atoms with E-state index in [2.05, 4.69) is 15.3 Å². The molecule has 1 unspecified atom stereocenters. The first-order valence-electron chi connectivity index (χ1n) is 7.40. The van der Waals surface area contributed by atoms with Gasteiger partial charge in [0.1, 0.15) is 12.1 Å². The molecule has 0 saturated carbocycles. The molecule has 23 heavy (non-hydrogen) atoms. The van der Waals surface area contributed by atoms with Gasteiger partial charge in [0.2, 0.25) is 5.91 Å². The van der Waals surface area contributed by atoms with Gasteiger partial charge in [0.25, 0.3) is 0 Å². The Morgan fingerprint density at radius 2 is 2.22 bits per heavy atom. The van der Waals surface area contributed by atoms with E-state index in [4.69, 9.17) is 5.11 Å². The van der Waals surface area contributed by atoms with Crippen LogP contribution in [0, 0.1) is 0 Å². The fourth-order valence-corrected chi connectivity index (χ4v) is 2.74. The Balaban J connectivity index is 2.00. The molecule has 3 atom stereocenters. The number of carbonyl (C=O) groups excluding carboxylic acids is 1. The van der Waals surface area contributed by atoms with Crippen molar-refractivity contribution in [1.29, 1.82) is 0 Å². The van der Waals surface area contributed by atoms with E-state index in [1.807, 2.05) is 0 Å². The maximum Gasteiger partial charge on any atom is 0.326 e. The number of hydrogen-bond acceptors (Lipinski definition) is 5. The fourth-order valence-electron chi connectivity index (χ4n) is 2.74. The lowest BCUT2D eigenvalue weighted by atomic mass is 10.1. The summed E-state index contributed by atoms with van der Waals surface area (Å²) < 4.78 is 0. The zero-order chi connectivity index (χ0) is 17.0. The SMILES string of the molecule is CC(N[C@@H](Cc1c[nH]cn1)C(=O)O)C(=O)N1CCC[C@H]1C(=O)O. The summed E-state index contributed by atoms with van der Waals surface area (Å²) in [5.74, 6) is -2.53. The average molecular weight is 324 g/mol. The number of aliphatic carboxylic acids is 2. The molecule has 1 amide bonds. The van der Waals surface area contributed by atoms with Gasteiger partial charge in [-0.2, -0.15) is 0 Å². The van der Waals surface area contributed by atoms with Crippen molar-refractivity contribution in [2.75, 3.05) is 6.54 Å². The van der Waals surface area contributed by atoms with Gasteiger partial charge in [-0.15, -0.1) is 0 Å². The molecule has 4 N–H and O–H groups in total. The van der Waals surface area contributed by atoms with Gasteiger partial charge in [0, 0.05) is 19.2 Å². The highest BCUT2D eigenvalue weighted by atomic mass is 16.4. The first-order valence-corrected chi connectivity index (χ1v) is 7.40. The highest BCUT2D eigenvalue weighted by Crippen LogP contribution is 2.18. The highest BCUT2D eigenvalue weighted by molar-refractivity contribution is 5.88. The number of nitrogens with one attached hydrogen (secondary N) is 2. The topological polar surface area (TPSA) is 136 Å². The third-order valence-electron chi connectivity index (χ3n) is 3.91. The molecule has 126 valence electrons. The lowest BCUT2D eigenvalue weighted by molar-refractivity contribution is -0.149. The maximum atomic E-state index is 12.4. The predicted octanol–water partition coefficient (Wildman–Crippen LogP) is -0.541. The lowest BCUT2D eigenvalue weighted by Gasteiger charge is -2.27. The van der Waals surface area contributed by atoms with Gasteiger partial charge in [-0.3, -0.25) is 14.9 Å². The Morgan fingerprint density at radius 3 is 2.78 bits per heavy atom. The first-order chi connectivity index (χ1) is 10.9. The molecule has 1 aromatic heterocycles. The van der Waals surface area contributed by atoms with E-state index in [1.165, 1.54) is 11.2 Å². The average Bonchev–Trinajstić information content (AvgIpc) is 3.16. The molecule has 0 bridgehead atoms. The standard InChI is InChI=1S/C14H20N4O5/c1-8(12(19)18-4-2-3-11(18)14(22)23)17-10(13(20)21)5-9-6-15-7-16-9/h6-8,10-11,17H,2-5H2,1H3,(H,15,16)(H,20,21)(H,22,23)/t8?,10-,11-/m0/s1. The summed E-state index contributed by atoms with van der Waals surface area (Å²) in [4.78, 5) is 42.9. The minimum absolute atomic E-state index is 0.124. The summed E-state index contributed by atoms with van der Waals surface area (Å²) in [6, 6.07) is -2.61. The number of carboxylic acid groups (broad SMARTS) is 2. The number of amides is 1. The monoisotopic (exact) mass is 324 g/mol. The number of aromatic nitrogens is 2. The molecule has 0 radical (unpaired) electrons. The Hall–Kier alpha value is -2.42. The van der Waals surface area contributed by atoms with Gasteiger partial charge in [0.05, 0.1) is 18.1 Å². The molecular formula is C14H20N4O5. The molecule has 2 heterocycles. The van der Waals surface area contributed by atoms with Crippen molar-refractivity contribution in [3.63, 3.8) is 0 Å². The summed E-state index contributed by atoms with van der Waals surface area (Å²) in [6.07, 6.45) is 4.21. The second-order valence-electron chi connectivity index (χ2n) is 5.57. The van der Waals surface area contributed by atoms with Crippen molar-refractivity contribution in [1.82, 2.24) is 20.2 Å². The van der Waals surface area contributed by atoms with Gasteiger partial charge in [-0.25, -0.2) is 9.78 Å². The van der Waals surface area contributed by atoms with Crippen molar-refractivity contribution >= 4 is 17.8 Å². The van der Waals surface area contributed by atoms with E-state index >= 15 is 0 Å². The van der Waals surface area contributed by atoms with Crippen LogP contribution in [0.3, 0.4) is 0 Å². The normalized spacial score (nSPS) is 20.2. The van der Waals surface area contributed by atoms with Crippen molar-refractivity contribution in [2.45, 2.75) is 44.3 Å². The molecule has 1 aliphatic rings. The second kappa shape index (κ2) is 7.23. The third-order valence-corrected chi connectivity index (χ3v) is 3.91. The number of nitrogens with zero attached hydrogens (tertiary/aromatic N) is 2. The molecule has 0 aliphatic carbocycles. The van der Waals surface area contributed by atoms with Crippen molar-refractivity contribution < 1.29 is 24.6 Å². The fraction of sp³-hybridized carbons (Fsp3) is 0.571. The highest BCUT2D eigenvalue weighted by Gasteiger charge is 2.36. The summed E-state index contributed by atoms with van der Waals surface area (Å²) in [7, 11) is 0. The molecule has 0 spiro atoms. The smallest absolute Gasteiger partial charge is 0.326 e. The van der Waals surface area contributed by atoms with Crippen molar-refractivity contribution in [3.8, 4) is 0 Å². The van der Waals surface area contributed by atoms with E-state index in [0.29, 0.717) is 25.1 Å². The minimum atomic E-state index is -1.09. The number of carboxylic acids is 2. The lowest BCUT2D eigenvalue weighted by Crippen LogP contribution is -2.53. The van der Waals surface area contributed by atoms with E-state index in [0.717, 1.165) is 0 Å². The zero-order valence-electron chi connectivity index (χ0n) is 12.7. The van der Waals surface area contributed by atoms with Crippen molar-refractivity contribution in [2.24, 2.45) is 0 Å².